The second kappa shape index (κ2) is 6.19. The van der Waals surface area contributed by atoms with Gasteiger partial charge in [0.1, 0.15) is 6.04 Å². The van der Waals surface area contributed by atoms with Gasteiger partial charge in [0.25, 0.3) is 5.91 Å². The topological polar surface area (TPSA) is 62.3 Å². The van der Waals surface area contributed by atoms with Crippen LogP contribution in [0.3, 0.4) is 0 Å². The molecule has 1 aliphatic carbocycles. The highest BCUT2D eigenvalue weighted by Crippen LogP contribution is 2.28. The highest BCUT2D eigenvalue weighted by molar-refractivity contribution is 7.99. The Morgan fingerprint density at radius 3 is 3.00 bits per heavy atom. The van der Waals surface area contributed by atoms with Gasteiger partial charge in [-0.2, -0.15) is 0 Å². The maximum atomic E-state index is 12.5. The van der Waals surface area contributed by atoms with Crippen molar-refractivity contribution in [2.24, 2.45) is 0 Å². The number of amides is 2. The first-order chi connectivity index (χ1) is 10.1. The molecule has 1 fully saturated rings. The molecule has 0 spiro atoms. The van der Waals surface area contributed by atoms with Crippen molar-refractivity contribution in [1.29, 1.82) is 0 Å². The molecule has 0 radical (unpaired) electrons. The zero-order valence-electron chi connectivity index (χ0n) is 11.8. The number of carbonyl (C=O) groups is 2. The SMILES string of the molecule is Cc1cnc(NC(=O)[C@@H]2CSCN2C(=O)C2=CCCC2)s1. The van der Waals surface area contributed by atoms with Gasteiger partial charge in [-0.3, -0.25) is 9.59 Å². The van der Waals surface area contributed by atoms with Crippen LogP contribution >= 0.6 is 23.1 Å². The van der Waals surface area contributed by atoms with Gasteiger partial charge in [0.15, 0.2) is 5.13 Å². The average Bonchev–Trinajstić information content (AvgIpc) is 3.19. The van der Waals surface area contributed by atoms with Crippen molar-refractivity contribution in [1.82, 2.24) is 9.88 Å². The summed E-state index contributed by atoms with van der Waals surface area (Å²) >= 11 is 3.07. The first-order valence-electron chi connectivity index (χ1n) is 6.96. The predicted octanol–water partition coefficient (Wildman–Crippen LogP) is 2.40. The molecule has 0 unspecified atom stereocenters. The molecule has 0 aromatic carbocycles. The zero-order valence-corrected chi connectivity index (χ0v) is 13.4. The Hall–Kier alpha value is -1.34. The Labute approximate surface area is 131 Å². The van der Waals surface area contributed by atoms with Crippen LogP contribution in [0.5, 0.6) is 0 Å². The standard InChI is InChI=1S/C14H17N3O2S2/c1-9-6-15-14(21-9)16-12(18)11-7-20-8-17(11)13(19)10-4-2-3-5-10/h4,6,11H,2-3,5,7-8H2,1H3,(H,15,16,18)/t11-/m0/s1. The monoisotopic (exact) mass is 323 g/mol. The van der Waals surface area contributed by atoms with Crippen LogP contribution in [0.2, 0.25) is 0 Å². The number of anilines is 1. The Bertz CT molecular complexity index is 597. The van der Waals surface area contributed by atoms with Crippen LogP contribution in [0.15, 0.2) is 17.8 Å². The van der Waals surface area contributed by atoms with E-state index in [0.29, 0.717) is 16.8 Å². The van der Waals surface area contributed by atoms with Crippen LogP contribution in [0, 0.1) is 6.92 Å². The predicted molar refractivity (Wildman–Crippen MR) is 85.4 cm³/mol. The lowest BCUT2D eigenvalue weighted by molar-refractivity contribution is -0.133. The molecule has 112 valence electrons. The number of hydrogen-bond acceptors (Lipinski definition) is 5. The van der Waals surface area contributed by atoms with Gasteiger partial charge in [-0.1, -0.05) is 6.08 Å². The Balaban J connectivity index is 1.68. The van der Waals surface area contributed by atoms with E-state index in [1.807, 2.05) is 13.0 Å². The zero-order chi connectivity index (χ0) is 14.8. The van der Waals surface area contributed by atoms with Gasteiger partial charge in [0, 0.05) is 22.4 Å². The Kier molecular flexibility index (Phi) is 4.30. The van der Waals surface area contributed by atoms with Crippen molar-refractivity contribution in [2.75, 3.05) is 16.9 Å². The lowest BCUT2D eigenvalue weighted by atomic mass is 10.2. The van der Waals surface area contributed by atoms with E-state index in [0.717, 1.165) is 29.7 Å². The number of thioether (sulfide) groups is 1. The molecule has 1 atom stereocenters. The summed E-state index contributed by atoms with van der Waals surface area (Å²) in [5.41, 5.74) is 0.861. The van der Waals surface area contributed by atoms with Gasteiger partial charge in [0.05, 0.1) is 5.88 Å². The average molecular weight is 323 g/mol. The van der Waals surface area contributed by atoms with E-state index in [4.69, 9.17) is 0 Å². The maximum Gasteiger partial charge on any atom is 0.250 e. The van der Waals surface area contributed by atoms with Crippen molar-refractivity contribution in [3.8, 4) is 0 Å². The van der Waals surface area contributed by atoms with Crippen LogP contribution in [0.25, 0.3) is 0 Å². The van der Waals surface area contributed by atoms with Crippen molar-refractivity contribution < 1.29 is 9.59 Å². The van der Waals surface area contributed by atoms with E-state index >= 15 is 0 Å². The smallest absolute Gasteiger partial charge is 0.250 e. The molecule has 1 aromatic rings. The van der Waals surface area contributed by atoms with Gasteiger partial charge >= 0.3 is 0 Å². The second-order valence-electron chi connectivity index (χ2n) is 5.18. The quantitative estimate of drug-likeness (QED) is 0.928. The first kappa shape index (κ1) is 14.6. The molecule has 1 aromatic heterocycles. The fourth-order valence-electron chi connectivity index (χ4n) is 2.51. The number of aryl methyl sites for hydroxylation is 1. The molecular weight excluding hydrogens is 306 g/mol. The lowest BCUT2D eigenvalue weighted by Gasteiger charge is -2.23. The van der Waals surface area contributed by atoms with E-state index in [1.54, 1.807) is 22.9 Å². The Morgan fingerprint density at radius 1 is 1.48 bits per heavy atom. The fraction of sp³-hybridized carbons (Fsp3) is 0.500. The summed E-state index contributed by atoms with van der Waals surface area (Å²) in [6.45, 7) is 1.95. The van der Waals surface area contributed by atoms with Gasteiger partial charge in [-0.25, -0.2) is 4.98 Å². The summed E-state index contributed by atoms with van der Waals surface area (Å²) in [5.74, 6) is 1.12. The molecule has 2 aliphatic rings. The minimum atomic E-state index is -0.395. The van der Waals surface area contributed by atoms with Gasteiger partial charge in [0.2, 0.25) is 5.91 Å². The minimum Gasteiger partial charge on any atom is -0.317 e. The van der Waals surface area contributed by atoms with Crippen molar-refractivity contribution in [3.63, 3.8) is 0 Å². The summed E-state index contributed by atoms with van der Waals surface area (Å²) in [4.78, 5) is 31.7. The van der Waals surface area contributed by atoms with E-state index in [9.17, 15) is 9.59 Å². The molecule has 1 N–H and O–H groups in total. The Morgan fingerprint density at radius 2 is 2.33 bits per heavy atom. The largest absolute Gasteiger partial charge is 0.317 e. The van der Waals surface area contributed by atoms with Crippen molar-refractivity contribution in [3.05, 3.63) is 22.7 Å². The number of aromatic nitrogens is 1. The fourth-order valence-corrected chi connectivity index (χ4v) is 4.33. The molecule has 1 saturated heterocycles. The minimum absolute atomic E-state index is 0.0213. The summed E-state index contributed by atoms with van der Waals surface area (Å²) in [7, 11) is 0. The molecule has 0 saturated carbocycles. The number of thiazole rings is 1. The van der Waals surface area contributed by atoms with Crippen molar-refractivity contribution in [2.45, 2.75) is 32.2 Å². The summed E-state index contributed by atoms with van der Waals surface area (Å²) in [6, 6.07) is -0.395. The van der Waals surface area contributed by atoms with E-state index < -0.39 is 6.04 Å². The number of allylic oxidation sites excluding steroid dienone is 1. The van der Waals surface area contributed by atoms with E-state index in [1.165, 1.54) is 11.3 Å². The third-order valence-corrected chi connectivity index (χ3v) is 5.45. The third-order valence-electron chi connectivity index (χ3n) is 3.61. The molecule has 1 aliphatic heterocycles. The van der Waals surface area contributed by atoms with Crippen LogP contribution in [-0.2, 0) is 9.59 Å². The summed E-state index contributed by atoms with van der Waals surface area (Å²) < 4.78 is 0. The van der Waals surface area contributed by atoms with Crippen LogP contribution < -0.4 is 5.32 Å². The molecule has 2 amide bonds. The first-order valence-corrected chi connectivity index (χ1v) is 8.93. The maximum absolute atomic E-state index is 12.5. The molecule has 3 rings (SSSR count). The number of nitrogens with zero attached hydrogens (tertiary/aromatic N) is 2. The van der Waals surface area contributed by atoms with Gasteiger partial charge in [-0.05, 0) is 26.2 Å². The van der Waals surface area contributed by atoms with Crippen LogP contribution in [-0.4, -0.2) is 39.4 Å². The van der Waals surface area contributed by atoms with Crippen LogP contribution in [0.4, 0.5) is 5.13 Å². The van der Waals surface area contributed by atoms with E-state index in [-0.39, 0.29) is 11.8 Å². The van der Waals surface area contributed by atoms with E-state index in [2.05, 4.69) is 10.3 Å². The number of hydrogen-bond donors (Lipinski definition) is 1. The summed E-state index contributed by atoms with van der Waals surface area (Å²) in [6.07, 6.45) is 6.58. The molecule has 21 heavy (non-hydrogen) atoms. The highest BCUT2D eigenvalue weighted by Gasteiger charge is 2.36. The molecule has 2 heterocycles. The lowest BCUT2D eigenvalue weighted by Crippen LogP contribution is -2.44. The number of rotatable bonds is 3. The molecule has 7 heteroatoms. The summed E-state index contributed by atoms with van der Waals surface area (Å²) in [5, 5.41) is 3.42. The van der Waals surface area contributed by atoms with Crippen LogP contribution in [0.1, 0.15) is 24.1 Å². The molecule has 5 nitrogen and oxygen atoms in total. The number of carbonyl (C=O) groups excluding carboxylic acids is 2. The van der Waals surface area contributed by atoms with Gasteiger partial charge < -0.3 is 10.2 Å². The second-order valence-corrected chi connectivity index (χ2v) is 7.41. The highest BCUT2D eigenvalue weighted by atomic mass is 32.2. The number of nitrogens with one attached hydrogen (secondary N) is 1. The molecule has 0 bridgehead atoms. The van der Waals surface area contributed by atoms with Gasteiger partial charge in [-0.15, -0.1) is 23.1 Å². The van der Waals surface area contributed by atoms with Crippen molar-refractivity contribution >= 4 is 40.0 Å². The molecular formula is C14H17N3O2S2. The third kappa shape index (κ3) is 3.13. The normalized spacial score (nSPS) is 21.5.